The first-order valence-corrected chi connectivity index (χ1v) is 8.84. The minimum absolute atomic E-state index is 0.249. The SMILES string of the molecule is Cc1ccc(C(=O)NCCNC(=O)N(C)Cc2ccc(Cl)s2)cc1F. The van der Waals surface area contributed by atoms with Gasteiger partial charge in [-0.1, -0.05) is 17.7 Å². The van der Waals surface area contributed by atoms with Gasteiger partial charge in [-0.05, 0) is 36.8 Å². The summed E-state index contributed by atoms with van der Waals surface area (Å²) in [4.78, 5) is 26.4. The highest BCUT2D eigenvalue weighted by Gasteiger charge is 2.11. The van der Waals surface area contributed by atoms with Gasteiger partial charge in [0.25, 0.3) is 5.91 Å². The summed E-state index contributed by atoms with van der Waals surface area (Å²) in [6.07, 6.45) is 0. The molecule has 0 fully saturated rings. The third-order valence-electron chi connectivity index (χ3n) is 3.49. The molecular formula is C17H19ClFN3O2S. The summed E-state index contributed by atoms with van der Waals surface area (Å²) in [5, 5.41) is 5.35. The zero-order valence-corrected chi connectivity index (χ0v) is 15.5. The number of amides is 3. The maximum atomic E-state index is 13.5. The lowest BCUT2D eigenvalue weighted by Crippen LogP contribution is -2.40. The van der Waals surface area contributed by atoms with Crippen molar-refractivity contribution in [3.63, 3.8) is 0 Å². The Balaban J connectivity index is 1.71. The van der Waals surface area contributed by atoms with Crippen LogP contribution in [0.5, 0.6) is 0 Å². The van der Waals surface area contributed by atoms with Gasteiger partial charge in [-0.2, -0.15) is 0 Å². The highest BCUT2D eigenvalue weighted by molar-refractivity contribution is 7.16. The Hall–Kier alpha value is -2.12. The summed E-state index contributed by atoms with van der Waals surface area (Å²) in [5.74, 6) is -0.800. The summed E-state index contributed by atoms with van der Waals surface area (Å²) < 4.78 is 14.1. The van der Waals surface area contributed by atoms with Crippen LogP contribution in [0.3, 0.4) is 0 Å². The fraction of sp³-hybridized carbons (Fsp3) is 0.294. The van der Waals surface area contributed by atoms with Crippen LogP contribution in [0, 0.1) is 12.7 Å². The largest absolute Gasteiger partial charge is 0.350 e. The van der Waals surface area contributed by atoms with E-state index in [9.17, 15) is 14.0 Å². The molecule has 0 aliphatic heterocycles. The average Bonchev–Trinajstić information content (AvgIpc) is 2.98. The van der Waals surface area contributed by atoms with E-state index in [1.54, 1.807) is 32.2 Å². The Morgan fingerprint density at radius 3 is 2.56 bits per heavy atom. The number of thiophene rings is 1. The zero-order chi connectivity index (χ0) is 18.4. The molecule has 0 aliphatic carbocycles. The highest BCUT2D eigenvalue weighted by Crippen LogP contribution is 2.22. The summed E-state index contributed by atoms with van der Waals surface area (Å²) >= 11 is 7.28. The zero-order valence-electron chi connectivity index (χ0n) is 13.9. The van der Waals surface area contributed by atoms with Crippen molar-refractivity contribution in [1.82, 2.24) is 15.5 Å². The van der Waals surface area contributed by atoms with Crippen LogP contribution in [0.25, 0.3) is 0 Å². The second-order valence-corrected chi connectivity index (χ2v) is 7.31. The van der Waals surface area contributed by atoms with Gasteiger partial charge < -0.3 is 15.5 Å². The van der Waals surface area contributed by atoms with Crippen molar-refractivity contribution in [2.24, 2.45) is 0 Å². The molecule has 0 spiro atoms. The molecule has 25 heavy (non-hydrogen) atoms. The summed E-state index contributed by atoms with van der Waals surface area (Å²) in [6.45, 7) is 2.61. The first-order chi connectivity index (χ1) is 11.9. The van der Waals surface area contributed by atoms with E-state index in [1.165, 1.54) is 22.3 Å². The maximum absolute atomic E-state index is 13.5. The summed E-state index contributed by atoms with van der Waals surface area (Å²) in [6, 6.07) is 7.72. The van der Waals surface area contributed by atoms with Gasteiger partial charge in [0.2, 0.25) is 0 Å². The molecule has 2 rings (SSSR count). The molecule has 0 atom stereocenters. The molecule has 3 amide bonds. The maximum Gasteiger partial charge on any atom is 0.317 e. The van der Waals surface area contributed by atoms with E-state index in [0.717, 1.165) is 4.88 Å². The van der Waals surface area contributed by atoms with E-state index in [2.05, 4.69) is 10.6 Å². The molecule has 0 saturated heterocycles. The Kier molecular flexibility index (Phi) is 6.78. The van der Waals surface area contributed by atoms with Gasteiger partial charge in [0.15, 0.2) is 0 Å². The third-order valence-corrected chi connectivity index (χ3v) is 4.71. The third kappa shape index (κ3) is 5.72. The van der Waals surface area contributed by atoms with Gasteiger partial charge >= 0.3 is 6.03 Å². The normalized spacial score (nSPS) is 10.4. The van der Waals surface area contributed by atoms with E-state index >= 15 is 0 Å². The van der Waals surface area contributed by atoms with Crippen molar-refractivity contribution in [2.45, 2.75) is 13.5 Å². The van der Waals surface area contributed by atoms with Gasteiger partial charge in [-0.15, -0.1) is 11.3 Å². The Morgan fingerprint density at radius 2 is 1.92 bits per heavy atom. The molecule has 5 nitrogen and oxygen atoms in total. The van der Waals surface area contributed by atoms with E-state index in [4.69, 9.17) is 11.6 Å². The number of urea groups is 1. The fourth-order valence-electron chi connectivity index (χ4n) is 2.06. The van der Waals surface area contributed by atoms with Gasteiger partial charge in [0, 0.05) is 30.6 Å². The Labute approximate surface area is 154 Å². The van der Waals surface area contributed by atoms with Crippen LogP contribution in [0.15, 0.2) is 30.3 Å². The minimum atomic E-state index is -0.420. The van der Waals surface area contributed by atoms with Crippen LogP contribution in [0.4, 0.5) is 9.18 Å². The van der Waals surface area contributed by atoms with E-state index < -0.39 is 5.82 Å². The molecular weight excluding hydrogens is 365 g/mol. The number of hydrogen-bond acceptors (Lipinski definition) is 3. The lowest BCUT2D eigenvalue weighted by atomic mass is 10.1. The summed E-state index contributed by atoms with van der Waals surface area (Å²) in [5.41, 5.74) is 0.736. The molecule has 0 saturated carbocycles. The number of aryl methyl sites for hydroxylation is 1. The van der Waals surface area contributed by atoms with Crippen molar-refractivity contribution in [3.8, 4) is 0 Å². The fourth-order valence-corrected chi connectivity index (χ4v) is 3.20. The number of carbonyl (C=O) groups is 2. The quantitative estimate of drug-likeness (QED) is 0.751. The van der Waals surface area contributed by atoms with Gasteiger partial charge in [-0.3, -0.25) is 4.79 Å². The summed E-state index contributed by atoms with van der Waals surface area (Å²) in [7, 11) is 1.68. The number of nitrogens with zero attached hydrogens (tertiary/aromatic N) is 1. The standard InChI is InChI=1S/C17H19ClFN3O2S/c1-11-3-4-12(9-14(11)19)16(23)20-7-8-21-17(24)22(2)10-13-5-6-15(18)25-13/h3-6,9H,7-8,10H2,1-2H3,(H,20,23)(H,21,24). The Morgan fingerprint density at radius 1 is 1.20 bits per heavy atom. The predicted octanol–water partition coefficient (Wildman–Crippen LogP) is 3.42. The van der Waals surface area contributed by atoms with Crippen LogP contribution in [0.2, 0.25) is 4.34 Å². The van der Waals surface area contributed by atoms with Crippen molar-refractivity contribution in [1.29, 1.82) is 0 Å². The smallest absolute Gasteiger partial charge is 0.317 e. The second-order valence-electron chi connectivity index (χ2n) is 5.51. The number of rotatable bonds is 6. The van der Waals surface area contributed by atoms with Crippen molar-refractivity contribution >= 4 is 34.9 Å². The number of nitrogens with one attached hydrogen (secondary N) is 2. The molecule has 1 aromatic heterocycles. The van der Waals surface area contributed by atoms with Gasteiger partial charge in [-0.25, -0.2) is 9.18 Å². The molecule has 1 heterocycles. The second kappa shape index (κ2) is 8.82. The number of benzene rings is 1. The molecule has 2 N–H and O–H groups in total. The van der Waals surface area contributed by atoms with Gasteiger partial charge in [0.05, 0.1) is 10.9 Å². The van der Waals surface area contributed by atoms with Crippen LogP contribution in [0.1, 0.15) is 20.8 Å². The first-order valence-electron chi connectivity index (χ1n) is 7.64. The average molecular weight is 384 g/mol. The van der Waals surface area contributed by atoms with Crippen molar-refractivity contribution < 1.29 is 14.0 Å². The molecule has 0 unspecified atom stereocenters. The van der Waals surface area contributed by atoms with Crippen LogP contribution in [-0.2, 0) is 6.54 Å². The molecule has 134 valence electrons. The van der Waals surface area contributed by atoms with E-state index in [-0.39, 0.29) is 30.6 Å². The minimum Gasteiger partial charge on any atom is -0.350 e. The van der Waals surface area contributed by atoms with E-state index in [1.807, 2.05) is 6.07 Å². The van der Waals surface area contributed by atoms with Gasteiger partial charge in [0.1, 0.15) is 5.82 Å². The highest BCUT2D eigenvalue weighted by atomic mass is 35.5. The molecule has 0 radical (unpaired) electrons. The topological polar surface area (TPSA) is 61.4 Å². The van der Waals surface area contributed by atoms with Crippen LogP contribution in [-0.4, -0.2) is 37.0 Å². The number of hydrogen-bond donors (Lipinski definition) is 2. The lowest BCUT2D eigenvalue weighted by Gasteiger charge is -2.17. The van der Waals surface area contributed by atoms with Crippen molar-refractivity contribution in [2.75, 3.05) is 20.1 Å². The molecule has 0 bridgehead atoms. The predicted molar refractivity (Wildman–Crippen MR) is 97.7 cm³/mol. The number of halogens is 2. The monoisotopic (exact) mass is 383 g/mol. The first kappa shape index (κ1) is 19.2. The van der Waals surface area contributed by atoms with E-state index in [0.29, 0.717) is 16.4 Å². The van der Waals surface area contributed by atoms with Crippen LogP contribution < -0.4 is 10.6 Å². The molecule has 8 heteroatoms. The van der Waals surface area contributed by atoms with Crippen molar-refractivity contribution in [3.05, 3.63) is 56.5 Å². The molecule has 0 aliphatic rings. The number of carbonyl (C=O) groups excluding carboxylic acids is 2. The molecule has 2 aromatic rings. The Bertz CT molecular complexity index is 766. The van der Waals surface area contributed by atoms with Crippen LogP contribution >= 0.6 is 22.9 Å². The lowest BCUT2D eigenvalue weighted by molar-refractivity contribution is 0.0953. The molecule has 1 aromatic carbocycles.